The second-order valence-electron chi connectivity index (χ2n) is 7.14. The standard InChI is InChI=1S/C22H26N2O3S/c1-2-25-19-10-8-17(9-11-19)23-22(28)24(18-5-3-4-6-18)14-16-7-12-20-21(13-16)27-15-26-20/h7-13,18H,2-6,14-15H2,1H3,(H,23,28). The molecule has 0 saturated heterocycles. The molecule has 2 aromatic carbocycles. The number of hydrogen-bond acceptors (Lipinski definition) is 4. The maximum atomic E-state index is 5.80. The molecule has 0 radical (unpaired) electrons. The highest BCUT2D eigenvalue weighted by Crippen LogP contribution is 2.34. The van der Waals surface area contributed by atoms with Gasteiger partial charge in [0, 0.05) is 18.3 Å². The van der Waals surface area contributed by atoms with Crippen molar-refractivity contribution >= 4 is 23.0 Å². The van der Waals surface area contributed by atoms with E-state index in [0.717, 1.165) is 34.6 Å². The summed E-state index contributed by atoms with van der Waals surface area (Å²) in [7, 11) is 0. The van der Waals surface area contributed by atoms with Crippen LogP contribution < -0.4 is 19.5 Å². The Kier molecular flexibility index (Phi) is 5.86. The van der Waals surface area contributed by atoms with E-state index in [-0.39, 0.29) is 0 Å². The lowest BCUT2D eigenvalue weighted by molar-refractivity contribution is 0.174. The Morgan fingerprint density at radius 2 is 1.86 bits per heavy atom. The molecule has 0 bridgehead atoms. The molecule has 0 spiro atoms. The van der Waals surface area contributed by atoms with Gasteiger partial charge in [0.25, 0.3) is 0 Å². The zero-order valence-electron chi connectivity index (χ0n) is 16.1. The zero-order valence-corrected chi connectivity index (χ0v) is 17.0. The molecule has 1 N–H and O–H groups in total. The van der Waals surface area contributed by atoms with Crippen LogP contribution in [0.2, 0.25) is 0 Å². The van der Waals surface area contributed by atoms with E-state index < -0.39 is 0 Å². The van der Waals surface area contributed by atoms with Gasteiger partial charge in [0.05, 0.1) is 6.61 Å². The number of fused-ring (bicyclic) bond motifs is 1. The molecule has 2 aromatic rings. The third-order valence-corrected chi connectivity index (χ3v) is 5.57. The Balaban J connectivity index is 1.48. The van der Waals surface area contributed by atoms with E-state index in [2.05, 4.69) is 22.3 Å². The number of nitrogens with zero attached hydrogens (tertiary/aromatic N) is 1. The fourth-order valence-electron chi connectivity index (χ4n) is 3.82. The van der Waals surface area contributed by atoms with Crippen LogP contribution in [0, 0.1) is 0 Å². The van der Waals surface area contributed by atoms with Crippen LogP contribution in [0.4, 0.5) is 5.69 Å². The van der Waals surface area contributed by atoms with E-state index in [1.54, 1.807) is 0 Å². The summed E-state index contributed by atoms with van der Waals surface area (Å²) in [6, 6.07) is 14.5. The molecular formula is C22H26N2O3S. The van der Waals surface area contributed by atoms with Crippen molar-refractivity contribution < 1.29 is 14.2 Å². The van der Waals surface area contributed by atoms with Gasteiger partial charge in [0.1, 0.15) is 5.75 Å². The first kappa shape index (κ1) is 18.9. The Labute approximate surface area is 171 Å². The summed E-state index contributed by atoms with van der Waals surface area (Å²) in [6.07, 6.45) is 4.87. The molecule has 0 atom stereocenters. The molecule has 6 heteroatoms. The highest BCUT2D eigenvalue weighted by molar-refractivity contribution is 7.80. The van der Waals surface area contributed by atoms with E-state index in [1.807, 2.05) is 37.3 Å². The first-order valence-corrected chi connectivity index (χ1v) is 10.3. The van der Waals surface area contributed by atoms with Gasteiger partial charge >= 0.3 is 0 Å². The first-order chi connectivity index (χ1) is 13.7. The van der Waals surface area contributed by atoms with Crippen LogP contribution in [-0.4, -0.2) is 29.5 Å². The van der Waals surface area contributed by atoms with Crippen LogP contribution in [0.5, 0.6) is 17.2 Å². The second kappa shape index (κ2) is 8.69. The molecule has 4 rings (SSSR count). The van der Waals surface area contributed by atoms with Crippen LogP contribution in [0.3, 0.4) is 0 Å². The minimum absolute atomic E-state index is 0.294. The predicted molar refractivity (Wildman–Crippen MR) is 114 cm³/mol. The molecule has 28 heavy (non-hydrogen) atoms. The Morgan fingerprint density at radius 1 is 1.11 bits per heavy atom. The lowest BCUT2D eigenvalue weighted by Gasteiger charge is -2.32. The Bertz CT molecular complexity index is 819. The molecule has 1 heterocycles. The molecule has 1 aliphatic heterocycles. The predicted octanol–water partition coefficient (Wildman–Crippen LogP) is 4.96. The van der Waals surface area contributed by atoms with Crippen LogP contribution >= 0.6 is 12.2 Å². The Hall–Kier alpha value is -2.47. The lowest BCUT2D eigenvalue weighted by atomic mass is 10.1. The molecular weight excluding hydrogens is 372 g/mol. The molecule has 1 aliphatic carbocycles. The normalized spacial score (nSPS) is 15.5. The zero-order chi connectivity index (χ0) is 19.3. The first-order valence-electron chi connectivity index (χ1n) is 9.92. The fraction of sp³-hybridized carbons (Fsp3) is 0.409. The number of nitrogens with one attached hydrogen (secondary N) is 1. The second-order valence-corrected chi connectivity index (χ2v) is 7.53. The van der Waals surface area contributed by atoms with Crippen molar-refractivity contribution in [3.05, 3.63) is 48.0 Å². The summed E-state index contributed by atoms with van der Waals surface area (Å²) < 4.78 is 16.5. The monoisotopic (exact) mass is 398 g/mol. The van der Waals surface area contributed by atoms with E-state index in [4.69, 9.17) is 26.4 Å². The van der Waals surface area contributed by atoms with Crippen LogP contribution in [0.1, 0.15) is 38.2 Å². The van der Waals surface area contributed by atoms with Crippen molar-refractivity contribution in [2.24, 2.45) is 0 Å². The molecule has 2 aliphatic rings. The number of benzene rings is 2. The van der Waals surface area contributed by atoms with E-state index in [0.29, 0.717) is 19.4 Å². The number of rotatable bonds is 6. The van der Waals surface area contributed by atoms with Gasteiger partial charge in [-0.2, -0.15) is 0 Å². The molecule has 1 fully saturated rings. The average Bonchev–Trinajstić information content (AvgIpc) is 3.39. The third kappa shape index (κ3) is 4.33. The summed E-state index contributed by atoms with van der Waals surface area (Å²) >= 11 is 5.80. The Morgan fingerprint density at radius 3 is 2.61 bits per heavy atom. The van der Waals surface area contributed by atoms with Crippen LogP contribution in [-0.2, 0) is 6.54 Å². The van der Waals surface area contributed by atoms with Crippen molar-refractivity contribution in [1.82, 2.24) is 4.90 Å². The smallest absolute Gasteiger partial charge is 0.231 e. The SMILES string of the molecule is CCOc1ccc(NC(=S)N(Cc2ccc3c(c2)OCO3)C2CCCC2)cc1. The van der Waals surface area contributed by atoms with Gasteiger partial charge in [-0.3, -0.25) is 0 Å². The highest BCUT2D eigenvalue weighted by atomic mass is 32.1. The minimum Gasteiger partial charge on any atom is -0.494 e. The summed E-state index contributed by atoms with van der Waals surface area (Å²) in [5.74, 6) is 2.49. The maximum absolute atomic E-state index is 5.80. The van der Waals surface area contributed by atoms with Gasteiger partial charge in [-0.05, 0) is 73.9 Å². The topological polar surface area (TPSA) is 43.0 Å². The fourth-order valence-corrected chi connectivity index (χ4v) is 4.15. The van der Waals surface area contributed by atoms with Gasteiger partial charge in [0.15, 0.2) is 16.6 Å². The average molecular weight is 399 g/mol. The van der Waals surface area contributed by atoms with Gasteiger partial charge in [-0.15, -0.1) is 0 Å². The minimum atomic E-state index is 0.294. The number of hydrogen-bond donors (Lipinski definition) is 1. The van der Waals surface area contributed by atoms with Crippen LogP contribution in [0.25, 0.3) is 0 Å². The quantitative estimate of drug-likeness (QED) is 0.694. The van der Waals surface area contributed by atoms with Gasteiger partial charge in [-0.1, -0.05) is 18.9 Å². The van der Waals surface area contributed by atoms with Crippen molar-refractivity contribution in [3.63, 3.8) is 0 Å². The molecule has 0 amide bonds. The van der Waals surface area contributed by atoms with Crippen molar-refractivity contribution in [3.8, 4) is 17.2 Å². The molecule has 0 unspecified atom stereocenters. The highest BCUT2D eigenvalue weighted by Gasteiger charge is 2.25. The maximum Gasteiger partial charge on any atom is 0.231 e. The van der Waals surface area contributed by atoms with E-state index in [9.17, 15) is 0 Å². The molecule has 0 aromatic heterocycles. The summed E-state index contributed by atoms with van der Waals surface area (Å²) in [5.41, 5.74) is 2.15. The number of ether oxygens (including phenoxy) is 3. The summed E-state index contributed by atoms with van der Waals surface area (Å²) in [6.45, 7) is 3.69. The van der Waals surface area contributed by atoms with Gasteiger partial charge in [0.2, 0.25) is 6.79 Å². The largest absolute Gasteiger partial charge is 0.494 e. The lowest BCUT2D eigenvalue weighted by Crippen LogP contribution is -2.40. The molecule has 1 saturated carbocycles. The van der Waals surface area contributed by atoms with Crippen LogP contribution in [0.15, 0.2) is 42.5 Å². The van der Waals surface area contributed by atoms with Crippen molar-refractivity contribution in [2.45, 2.75) is 45.2 Å². The number of thiocarbonyl (C=S) groups is 1. The van der Waals surface area contributed by atoms with Gasteiger partial charge in [-0.25, -0.2) is 0 Å². The molecule has 148 valence electrons. The van der Waals surface area contributed by atoms with E-state index in [1.165, 1.54) is 31.2 Å². The third-order valence-electron chi connectivity index (χ3n) is 5.23. The van der Waals surface area contributed by atoms with Crippen molar-refractivity contribution in [1.29, 1.82) is 0 Å². The van der Waals surface area contributed by atoms with Gasteiger partial charge < -0.3 is 24.4 Å². The summed E-state index contributed by atoms with van der Waals surface area (Å²) in [5, 5.41) is 4.16. The molecule has 5 nitrogen and oxygen atoms in total. The summed E-state index contributed by atoms with van der Waals surface area (Å²) in [4.78, 5) is 2.32. The number of anilines is 1. The van der Waals surface area contributed by atoms with E-state index >= 15 is 0 Å². The van der Waals surface area contributed by atoms with Crippen molar-refractivity contribution in [2.75, 3.05) is 18.7 Å².